The van der Waals surface area contributed by atoms with Gasteiger partial charge in [-0.1, -0.05) is 104 Å². The zero-order valence-corrected chi connectivity index (χ0v) is 20.4. The van der Waals surface area contributed by atoms with Crippen LogP contribution in [0.1, 0.15) is 0 Å². The van der Waals surface area contributed by atoms with Crippen LogP contribution in [0.2, 0.25) is 0 Å². The van der Waals surface area contributed by atoms with Gasteiger partial charge < -0.3 is 35.2 Å². The largest absolute Gasteiger partial charge is 3.00 e. The Kier molecular flexibility index (Phi) is 24.0. The summed E-state index contributed by atoms with van der Waals surface area (Å²) in [6, 6.07) is 0. The summed E-state index contributed by atoms with van der Waals surface area (Å²) in [5, 5.41) is 28.5. The van der Waals surface area contributed by atoms with Crippen molar-refractivity contribution in [1.29, 1.82) is 0 Å². The molecule has 0 heterocycles. The van der Waals surface area contributed by atoms with E-state index >= 15 is 0 Å². The third kappa shape index (κ3) is 29.2. The predicted molar refractivity (Wildman–Crippen MR) is 79.5 cm³/mol. The second kappa shape index (κ2) is 15.3. The molecule has 0 fully saturated rings. The molecule has 0 saturated heterocycles. The third-order valence-corrected chi connectivity index (χ3v) is 2.08. The van der Waals surface area contributed by atoms with E-state index in [4.69, 9.17) is 104 Å². The molecule has 0 aliphatic heterocycles. The Bertz CT molecular complexity index is 315. The van der Waals surface area contributed by atoms with E-state index in [9.17, 15) is 29.7 Å². The second-order valence-electron chi connectivity index (χ2n) is 2.36. The molecule has 17 heteroatoms. The van der Waals surface area contributed by atoms with Gasteiger partial charge in [0.15, 0.2) is 0 Å². The van der Waals surface area contributed by atoms with E-state index in [-0.39, 0.29) is 41.1 Å². The molecular formula is C6H2Cl9LaO7. The smallest absolute Gasteiger partial charge is 0.545 e. The fourth-order valence-electron chi connectivity index (χ4n) is 0. The van der Waals surface area contributed by atoms with E-state index in [1.165, 1.54) is 0 Å². The topological polar surface area (TPSA) is 152 Å². The quantitative estimate of drug-likeness (QED) is 0.325. The maximum absolute atomic E-state index is 9.51. The first kappa shape index (κ1) is 36.1. The van der Waals surface area contributed by atoms with Crippen LogP contribution >= 0.6 is 104 Å². The third-order valence-electron chi connectivity index (χ3n) is 0.694. The molecule has 0 unspecified atom stereocenters. The fraction of sp³-hybridized carbons (Fsp3) is 0.500. The van der Waals surface area contributed by atoms with E-state index < -0.39 is 29.3 Å². The molecule has 0 aromatic carbocycles. The zero-order chi connectivity index (χ0) is 18.2. The molecule has 0 radical (unpaired) electrons. The number of halogens is 9. The van der Waals surface area contributed by atoms with Crippen LogP contribution in [0.4, 0.5) is 0 Å². The Morgan fingerprint density at radius 3 is 0.565 bits per heavy atom. The van der Waals surface area contributed by atoms with Crippen molar-refractivity contribution in [2.24, 2.45) is 0 Å². The van der Waals surface area contributed by atoms with Gasteiger partial charge in [0.2, 0.25) is 11.4 Å². The van der Waals surface area contributed by atoms with Crippen LogP contribution in [0.25, 0.3) is 0 Å². The Labute approximate surface area is 202 Å². The molecule has 0 atom stereocenters. The van der Waals surface area contributed by atoms with Crippen LogP contribution in [-0.2, 0) is 14.4 Å². The standard InChI is InChI=1S/3C2HCl3O2.La.H2O/c3*3-2(4,5)1(6)7;;/h3*(H,6,7);;1H2/q;;;+3;/p-3. The summed E-state index contributed by atoms with van der Waals surface area (Å²) in [7, 11) is 0. The van der Waals surface area contributed by atoms with Crippen molar-refractivity contribution in [2.75, 3.05) is 0 Å². The molecule has 0 saturated carbocycles. The van der Waals surface area contributed by atoms with Gasteiger partial charge in [0.05, 0.1) is 17.9 Å². The molecule has 0 aromatic rings. The molecule has 0 spiro atoms. The minimum Gasteiger partial charge on any atom is -0.545 e. The van der Waals surface area contributed by atoms with Gasteiger partial charge in [0, 0.05) is 0 Å². The average molecular weight is 644 g/mol. The second-order valence-corrected chi connectivity index (χ2v) is 9.20. The van der Waals surface area contributed by atoms with Gasteiger partial charge in [0.25, 0.3) is 0 Å². The summed E-state index contributed by atoms with van der Waals surface area (Å²) in [5.74, 6) is -5.13. The number of hydrogen-bond acceptors (Lipinski definition) is 6. The zero-order valence-electron chi connectivity index (χ0n) is 9.93. The molecule has 2 N–H and O–H groups in total. The van der Waals surface area contributed by atoms with Crippen molar-refractivity contribution >= 4 is 122 Å². The number of carboxylic acids is 3. The van der Waals surface area contributed by atoms with E-state index in [2.05, 4.69) is 0 Å². The Hall–Kier alpha value is 2.17. The molecular weight excluding hydrogens is 642 g/mol. The van der Waals surface area contributed by atoms with Gasteiger partial charge in [-0.3, -0.25) is 0 Å². The Morgan fingerprint density at radius 2 is 0.565 bits per heavy atom. The van der Waals surface area contributed by atoms with Crippen LogP contribution in [0.3, 0.4) is 0 Å². The van der Waals surface area contributed by atoms with Crippen molar-refractivity contribution in [3.05, 3.63) is 0 Å². The summed E-state index contributed by atoms with van der Waals surface area (Å²) in [6.45, 7) is 0. The van der Waals surface area contributed by atoms with Crippen LogP contribution in [0, 0.1) is 35.6 Å². The first-order valence-electron chi connectivity index (χ1n) is 3.68. The monoisotopic (exact) mass is 640 g/mol. The molecule has 0 bridgehead atoms. The van der Waals surface area contributed by atoms with Crippen molar-refractivity contribution in [2.45, 2.75) is 11.4 Å². The van der Waals surface area contributed by atoms with Crippen LogP contribution in [0.5, 0.6) is 0 Å². The minimum atomic E-state index is -2.28. The van der Waals surface area contributed by atoms with Crippen molar-refractivity contribution in [1.82, 2.24) is 0 Å². The van der Waals surface area contributed by atoms with E-state index in [1.807, 2.05) is 0 Å². The molecule has 23 heavy (non-hydrogen) atoms. The summed E-state index contributed by atoms with van der Waals surface area (Å²) in [5.41, 5.74) is 0. The van der Waals surface area contributed by atoms with E-state index in [0.717, 1.165) is 0 Å². The van der Waals surface area contributed by atoms with Crippen molar-refractivity contribution in [3.63, 3.8) is 0 Å². The average Bonchev–Trinajstić information content (AvgIpc) is 2.14. The number of carbonyl (C=O) groups excluding carboxylic acids is 3. The molecule has 0 aromatic heterocycles. The Balaban J connectivity index is -0.0000000675. The number of hydrogen-bond donors (Lipinski definition) is 0. The SMILES string of the molecule is O.O=C([O-])C(Cl)(Cl)Cl.O=C([O-])C(Cl)(Cl)Cl.O=C([O-])C(Cl)(Cl)Cl.[La+3]. The molecule has 0 aliphatic rings. The number of aliphatic carboxylic acids is 3. The minimum absolute atomic E-state index is 0. The van der Waals surface area contributed by atoms with Gasteiger partial charge >= 0.3 is 35.6 Å². The van der Waals surface area contributed by atoms with Gasteiger partial charge in [-0.25, -0.2) is 0 Å². The summed E-state index contributed by atoms with van der Waals surface area (Å²) >= 11 is 42.6. The van der Waals surface area contributed by atoms with E-state index in [0.29, 0.717) is 0 Å². The van der Waals surface area contributed by atoms with Gasteiger partial charge in [0.1, 0.15) is 0 Å². The fourth-order valence-corrected chi connectivity index (χ4v) is 0. The number of alkyl halides is 9. The van der Waals surface area contributed by atoms with Crippen LogP contribution in [-0.4, -0.2) is 34.8 Å². The summed E-state index contributed by atoms with van der Waals surface area (Å²) < 4.78 is -6.83. The van der Waals surface area contributed by atoms with Gasteiger partial charge in [-0.05, 0) is 0 Å². The van der Waals surface area contributed by atoms with Crippen molar-refractivity contribution in [3.8, 4) is 0 Å². The molecule has 0 rings (SSSR count). The van der Waals surface area contributed by atoms with Crippen LogP contribution < -0.4 is 15.3 Å². The molecule has 7 nitrogen and oxygen atoms in total. The summed E-state index contributed by atoms with van der Waals surface area (Å²) in [4.78, 5) is 28.5. The Morgan fingerprint density at radius 1 is 0.522 bits per heavy atom. The maximum atomic E-state index is 9.51. The maximum Gasteiger partial charge on any atom is 3.00 e. The first-order chi connectivity index (χ1) is 8.83. The number of carbonyl (C=O) groups is 3. The molecule has 0 amide bonds. The summed E-state index contributed by atoms with van der Waals surface area (Å²) in [6.07, 6.45) is 0. The molecule has 0 aliphatic carbocycles. The predicted octanol–water partition coefficient (Wildman–Crippen LogP) is -0.505. The van der Waals surface area contributed by atoms with Crippen LogP contribution in [0.15, 0.2) is 0 Å². The molecule has 134 valence electrons. The van der Waals surface area contributed by atoms with Gasteiger partial charge in [-0.2, -0.15) is 0 Å². The number of carboxylic acid groups (broad SMARTS) is 3. The van der Waals surface area contributed by atoms with E-state index in [1.54, 1.807) is 0 Å². The normalized spacial score (nSPS) is 10.3. The first-order valence-corrected chi connectivity index (χ1v) is 7.08. The van der Waals surface area contributed by atoms with Crippen molar-refractivity contribution < 1.29 is 70.8 Å². The van der Waals surface area contributed by atoms with Gasteiger partial charge in [-0.15, -0.1) is 0 Å². The number of rotatable bonds is 0.